The molecule has 4 rings (SSSR count). The summed E-state index contributed by atoms with van der Waals surface area (Å²) in [7, 11) is 3.25. The topological polar surface area (TPSA) is 71.1 Å². The normalized spacial score (nSPS) is 20.3. The second kappa shape index (κ2) is 10.4. The SMILES string of the molecule is COc1ccc(N2CCN(C(=O)C3CC=CCC3C(=O)Nc3cccc(OC)c3)CC2)cc1. The van der Waals surface area contributed by atoms with Crippen LogP contribution in [-0.4, -0.2) is 57.1 Å². The number of methoxy groups -OCH3 is 2. The molecule has 0 radical (unpaired) electrons. The molecule has 33 heavy (non-hydrogen) atoms. The van der Waals surface area contributed by atoms with Gasteiger partial charge in [0.05, 0.1) is 26.1 Å². The first-order chi connectivity index (χ1) is 16.1. The molecule has 0 saturated carbocycles. The molecule has 1 N–H and O–H groups in total. The van der Waals surface area contributed by atoms with Crippen LogP contribution in [0.5, 0.6) is 11.5 Å². The van der Waals surface area contributed by atoms with Crippen molar-refractivity contribution >= 4 is 23.2 Å². The van der Waals surface area contributed by atoms with Crippen LogP contribution in [0.25, 0.3) is 0 Å². The van der Waals surface area contributed by atoms with E-state index in [4.69, 9.17) is 9.47 Å². The third-order valence-corrected chi connectivity index (χ3v) is 6.45. The Labute approximate surface area is 195 Å². The van der Waals surface area contributed by atoms with Crippen molar-refractivity contribution in [1.82, 2.24) is 4.90 Å². The Balaban J connectivity index is 1.38. The standard InChI is InChI=1S/C26H31N3O4/c1-32-21-12-10-20(11-13-21)28-14-16-29(17-15-28)26(31)24-9-4-3-8-23(24)25(30)27-19-6-5-7-22(18-19)33-2/h3-7,10-13,18,23-24H,8-9,14-17H2,1-2H3,(H,27,30). The van der Waals surface area contributed by atoms with Crippen molar-refractivity contribution in [1.29, 1.82) is 0 Å². The van der Waals surface area contributed by atoms with Gasteiger partial charge in [-0.25, -0.2) is 0 Å². The number of benzene rings is 2. The monoisotopic (exact) mass is 449 g/mol. The predicted molar refractivity (Wildman–Crippen MR) is 129 cm³/mol. The number of anilines is 2. The molecule has 2 aromatic rings. The number of hydrogen-bond acceptors (Lipinski definition) is 5. The fourth-order valence-corrected chi connectivity index (χ4v) is 4.53. The van der Waals surface area contributed by atoms with Gasteiger partial charge in [0.2, 0.25) is 11.8 Å². The fourth-order valence-electron chi connectivity index (χ4n) is 4.53. The minimum absolute atomic E-state index is 0.0690. The molecule has 1 saturated heterocycles. The Hall–Kier alpha value is -3.48. The van der Waals surface area contributed by atoms with Gasteiger partial charge in [-0.1, -0.05) is 18.2 Å². The summed E-state index contributed by atoms with van der Waals surface area (Å²) in [6, 6.07) is 15.3. The van der Waals surface area contributed by atoms with Gasteiger partial charge in [-0.3, -0.25) is 9.59 Å². The first kappa shape index (κ1) is 22.7. The van der Waals surface area contributed by atoms with Crippen LogP contribution in [-0.2, 0) is 9.59 Å². The van der Waals surface area contributed by atoms with Gasteiger partial charge in [0, 0.05) is 43.6 Å². The number of ether oxygens (including phenoxy) is 2. The van der Waals surface area contributed by atoms with Crippen molar-refractivity contribution in [3.63, 3.8) is 0 Å². The maximum absolute atomic E-state index is 13.4. The number of nitrogens with zero attached hydrogens (tertiary/aromatic N) is 2. The lowest BCUT2D eigenvalue weighted by atomic mass is 9.81. The summed E-state index contributed by atoms with van der Waals surface area (Å²) in [5.41, 5.74) is 1.80. The van der Waals surface area contributed by atoms with Crippen LogP contribution >= 0.6 is 0 Å². The highest BCUT2D eigenvalue weighted by atomic mass is 16.5. The molecule has 174 valence electrons. The molecule has 2 unspecified atom stereocenters. The lowest BCUT2D eigenvalue weighted by Crippen LogP contribution is -2.52. The van der Waals surface area contributed by atoms with E-state index in [0.29, 0.717) is 37.4 Å². The van der Waals surface area contributed by atoms with Crippen molar-refractivity contribution < 1.29 is 19.1 Å². The van der Waals surface area contributed by atoms with Gasteiger partial charge in [0.1, 0.15) is 11.5 Å². The smallest absolute Gasteiger partial charge is 0.228 e. The fraction of sp³-hybridized carbons (Fsp3) is 0.385. The van der Waals surface area contributed by atoms with Gasteiger partial charge in [-0.2, -0.15) is 0 Å². The highest BCUT2D eigenvalue weighted by Crippen LogP contribution is 2.30. The molecule has 1 aliphatic heterocycles. The number of carbonyl (C=O) groups is 2. The molecule has 0 spiro atoms. The molecule has 2 atom stereocenters. The second-order valence-electron chi connectivity index (χ2n) is 8.39. The van der Waals surface area contributed by atoms with Crippen molar-refractivity contribution in [2.75, 3.05) is 50.6 Å². The lowest BCUT2D eigenvalue weighted by Gasteiger charge is -2.39. The van der Waals surface area contributed by atoms with E-state index in [1.54, 1.807) is 20.3 Å². The van der Waals surface area contributed by atoms with E-state index in [1.807, 2.05) is 59.5 Å². The summed E-state index contributed by atoms with van der Waals surface area (Å²) in [5.74, 6) is 0.735. The molecule has 7 nitrogen and oxygen atoms in total. The van der Waals surface area contributed by atoms with E-state index >= 15 is 0 Å². The van der Waals surface area contributed by atoms with E-state index < -0.39 is 0 Å². The van der Waals surface area contributed by atoms with Gasteiger partial charge < -0.3 is 24.6 Å². The quantitative estimate of drug-likeness (QED) is 0.683. The zero-order valence-electron chi connectivity index (χ0n) is 19.2. The minimum atomic E-state index is -0.381. The van der Waals surface area contributed by atoms with Crippen molar-refractivity contribution in [2.24, 2.45) is 11.8 Å². The molecular weight excluding hydrogens is 418 g/mol. The van der Waals surface area contributed by atoms with E-state index in [0.717, 1.165) is 24.5 Å². The maximum Gasteiger partial charge on any atom is 0.228 e. The molecule has 0 aromatic heterocycles. The van der Waals surface area contributed by atoms with Gasteiger partial charge in [0.15, 0.2) is 0 Å². The number of amides is 2. The minimum Gasteiger partial charge on any atom is -0.497 e. The zero-order valence-corrected chi connectivity index (χ0v) is 19.2. The summed E-state index contributed by atoms with van der Waals surface area (Å²) in [6.07, 6.45) is 5.18. The van der Waals surface area contributed by atoms with Crippen LogP contribution in [0.3, 0.4) is 0 Å². The molecule has 0 bridgehead atoms. The highest BCUT2D eigenvalue weighted by molar-refractivity contribution is 5.96. The molecule has 2 aromatic carbocycles. The van der Waals surface area contributed by atoms with E-state index in [-0.39, 0.29) is 23.7 Å². The van der Waals surface area contributed by atoms with E-state index in [9.17, 15) is 9.59 Å². The molecular formula is C26H31N3O4. The lowest BCUT2D eigenvalue weighted by molar-refractivity contribution is -0.141. The van der Waals surface area contributed by atoms with Crippen LogP contribution in [0.15, 0.2) is 60.7 Å². The summed E-state index contributed by atoms with van der Waals surface area (Å²) >= 11 is 0. The Kier molecular flexibility index (Phi) is 7.17. The number of hydrogen-bond donors (Lipinski definition) is 1. The molecule has 1 aliphatic carbocycles. The Bertz CT molecular complexity index is 997. The number of rotatable bonds is 6. The summed E-state index contributed by atoms with van der Waals surface area (Å²) in [6.45, 7) is 2.83. The van der Waals surface area contributed by atoms with Crippen LogP contribution in [0.1, 0.15) is 12.8 Å². The number of carbonyl (C=O) groups excluding carboxylic acids is 2. The van der Waals surface area contributed by atoms with Crippen LogP contribution < -0.4 is 19.7 Å². The summed E-state index contributed by atoms with van der Waals surface area (Å²) < 4.78 is 10.5. The summed E-state index contributed by atoms with van der Waals surface area (Å²) in [5, 5.41) is 2.97. The Morgan fingerprint density at radius 3 is 2.18 bits per heavy atom. The Morgan fingerprint density at radius 1 is 0.848 bits per heavy atom. The van der Waals surface area contributed by atoms with Crippen LogP contribution in [0, 0.1) is 11.8 Å². The third-order valence-electron chi connectivity index (χ3n) is 6.45. The zero-order chi connectivity index (χ0) is 23.2. The number of allylic oxidation sites excluding steroid dienone is 2. The summed E-state index contributed by atoms with van der Waals surface area (Å²) in [4.78, 5) is 30.7. The van der Waals surface area contributed by atoms with E-state index in [1.165, 1.54) is 0 Å². The average Bonchev–Trinajstić information content (AvgIpc) is 2.88. The Morgan fingerprint density at radius 2 is 1.52 bits per heavy atom. The average molecular weight is 450 g/mol. The highest BCUT2D eigenvalue weighted by Gasteiger charge is 2.37. The van der Waals surface area contributed by atoms with Crippen LogP contribution in [0.2, 0.25) is 0 Å². The molecule has 1 fully saturated rings. The maximum atomic E-state index is 13.4. The molecule has 1 heterocycles. The van der Waals surface area contributed by atoms with Crippen molar-refractivity contribution in [3.05, 3.63) is 60.7 Å². The van der Waals surface area contributed by atoms with Crippen molar-refractivity contribution in [2.45, 2.75) is 12.8 Å². The third kappa shape index (κ3) is 5.30. The van der Waals surface area contributed by atoms with Crippen molar-refractivity contribution in [3.8, 4) is 11.5 Å². The molecule has 2 aliphatic rings. The first-order valence-corrected chi connectivity index (χ1v) is 11.4. The molecule has 7 heteroatoms. The second-order valence-corrected chi connectivity index (χ2v) is 8.39. The predicted octanol–water partition coefficient (Wildman–Crippen LogP) is 3.57. The van der Waals surface area contributed by atoms with E-state index in [2.05, 4.69) is 10.2 Å². The first-order valence-electron chi connectivity index (χ1n) is 11.4. The van der Waals surface area contributed by atoms with Crippen LogP contribution in [0.4, 0.5) is 11.4 Å². The van der Waals surface area contributed by atoms with Gasteiger partial charge in [0.25, 0.3) is 0 Å². The largest absolute Gasteiger partial charge is 0.497 e. The van der Waals surface area contributed by atoms with Gasteiger partial charge in [-0.15, -0.1) is 0 Å². The number of nitrogens with one attached hydrogen (secondary N) is 1. The number of piperazine rings is 1. The van der Waals surface area contributed by atoms with Gasteiger partial charge in [-0.05, 0) is 49.2 Å². The molecule has 2 amide bonds. The van der Waals surface area contributed by atoms with Gasteiger partial charge >= 0.3 is 0 Å².